The van der Waals surface area contributed by atoms with Gasteiger partial charge in [-0.05, 0) is 45.3 Å². The second-order valence-corrected chi connectivity index (χ2v) is 6.98. The van der Waals surface area contributed by atoms with Crippen LogP contribution in [0, 0.1) is 0 Å². The van der Waals surface area contributed by atoms with Crippen LogP contribution in [0.1, 0.15) is 51.2 Å². The Bertz CT molecular complexity index is 795. The molecule has 0 spiro atoms. The van der Waals surface area contributed by atoms with Gasteiger partial charge in [0.25, 0.3) is 0 Å². The standard InChI is InChI=1S/C19H26N6O/c1-6-8-15-17(25(5)22-12-21-15)20-11-14(7-2)19(3,4)18-23-16(24-26-18)13-9-10-13/h6-8,11-13,20H,2,9-10H2,1,3-5H3,(H,21,22)/b8-6-,14-11+. The van der Waals surface area contributed by atoms with Gasteiger partial charge in [-0.3, -0.25) is 0 Å². The van der Waals surface area contributed by atoms with Gasteiger partial charge in [0.05, 0.1) is 11.1 Å². The summed E-state index contributed by atoms with van der Waals surface area (Å²) >= 11 is 0. The lowest BCUT2D eigenvalue weighted by Gasteiger charge is -2.26. The van der Waals surface area contributed by atoms with E-state index in [1.165, 1.54) is 0 Å². The van der Waals surface area contributed by atoms with Gasteiger partial charge in [-0.1, -0.05) is 23.9 Å². The predicted octanol–water partition coefficient (Wildman–Crippen LogP) is 3.11. The molecule has 2 aliphatic rings. The lowest BCUT2D eigenvalue weighted by molar-refractivity contribution is 0.328. The summed E-state index contributed by atoms with van der Waals surface area (Å²) in [6.45, 7) is 10.0. The van der Waals surface area contributed by atoms with Crippen LogP contribution in [0.15, 0.2) is 57.7 Å². The zero-order chi connectivity index (χ0) is 18.7. The number of allylic oxidation sites excluding steroid dienone is 4. The van der Waals surface area contributed by atoms with Gasteiger partial charge < -0.3 is 15.2 Å². The van der Waals surface area contributed by atoms with Crippen molar-refractivity contribution in [3.63, 3.8) is 0 Å². The Kier molecular flexibility index (Phi) is 4.97. The van der Waals surface area contributed by atoms with Crippen LogP contribution < -0.4 is 10.6 Å². The van der Waals surface area contributed by atoms with Crippen LogP contribution in [0.25, 0.3) is 0 Å². The van der Waals surface area contributed by atoms with E-state index in [9.17, 15) is 0 Å². The number of hydrogen-bond donors (Lipinski definition) is 2. The van der Waals surface area contributed by atoms with Crippen molar-refractivity contribution in [3.05, 3.63) is 59.8 Å². The molecule has 1 aliphatic heterocycles. The first-order valence-corrected chi connectivity index (χ1v) is 8.80. The maximum Gasteiger partial charge on any atom is 0.236 e. The molecule has 0 aromatic carbocycles. The summed E-state index contributed by atoms with van der Waals surface area (Å²) < 4.78 is 5.54. The summed E-state index contributed by atoms with van der Waals surface area (Å²) in [4.78, 5) is 4.60. The SMILES string of the molecule is C=C/C(=C\NC1=C(/C=C\C)NC=NN1C)C(C)(C)c1nc(C2CC2)no1. The summed E-state index contributed by atoms with van der Waals surface area (Å²) in [6, 6.07) is 0. The fourth-order valence-electron chi connectivity index (χ4n) is 2.71. The van der Waals surface area contributed by atoms with Crippen LogP contribution in [0.3, 0.4) is 0 Å². The second-order valence-electron chi connectivity index (χ2n) is 6.98. The van der Waals surface area contributed by atoms with Crippen molar-refractivity contribution in [1.29, 1.82) is 0 Å². The van der Waals surface area contributed by atoms with E-state index < -0.39 is 5.41 Å². The smallest absolute Gasteiger partial charge is 0.236 e. The van der Waals surface area contributed by atoms with E-state index in [2.05, 4.69) is 46.3 Å². The minimum absolute atomic E-state index is 0.458. The molecule has 7 nitrogen and oxygen atoms in total. The summed E-state index contributed by atoms with van der Waals surface area (Å²) in [5, 5.41) is 16.6. The Balaban J connectivity index is 1.85. The average Bonchev–Trinajstić information content (AvgIpc) is 3.33. The fourth-order valence-corrected chi connectivity index (χ4v) is 2.71. The lowest BCUT2D eigenvalue weighted by atomic mass is 9.84. The largest absolute Gasteiger partial charge is 0.345 e. The third kappa shape index (κ3) is 3.56. The molecule has 0 bridgehead atoms. The molecule has 7 heteroatoms. The zero-order valence-corrected chi connectivity index (χ0v) is 15.8. The van der Waals surface area contributed by atoms with Crippen molar-refractivity contribution in [3.8, 4) is 0 Å². The molecule has 0 radical (unpaired) electrons. The maximum atomic E-state index is 5.54. The Morgan fingerprint density at radius 2 is 2.23 bits per heavy atom. The highest BCUT2D eigenvalue weighted by Gasteiger charge is 2.34. The van der Waals surface area contributed by atoms with E-state index in [1.807, 2.05) is 38.4 Å². The Morgan fingerprint density at radius 1 is 1.46 bits per heavy atom. The third-order valence-corrected chi connectivity index (χ3v) is 4.59. The van der Waals surface area contributed by atoms with Crippen LogP contribution >= 0.6 is 0 Å². The molecule has 26 heavy (non-hydrogen) atoms. The van der Waals surface area contributed by atoms with Crippen LogP contribution in [0.2, 0.25) is 0 Å². The van der Waals surface area contributed by atoms with Gasteiger partial charge in [-0.2, -0.15) is 10.1 Å². The molecular formula is C19H26N6O. The van der Waals surface area contributed by atoms with Gasteiger partial charge in [-0.25, -0.2) is 5.01 Å². The molecule has 0 amide bonds. The lowest BCUT2D eigenvalue weighted by Crippen LogP contribution is -2.33. The number of rotatable bonds is 7. The van der Waals surface area contributed by atoms with Crippen LogP contribution in [-0.4, -0.2) is 28.5 Å². The molecule has 1 aromatic heterocycles. The van der Waals surface area contributed by atoms with E-state index in [-0.39, 0.29) is 0 Å². The molecule has 138 valence electrons. The summed E-state index contributed by atoms with van der Waals surface area (Å²) in [5.74, 6) is 2.71. The number of nitrogens with one attached hydrogen (secondary N) is 2. The summed E-state index contributed by atoms with van der Waals surface area (Å²) in [7, 11) is 1.88. The molecule has 0 atom stereocenters. The first-order chi connectivity index (χ1) is 12.5. The molecular weight excluding hydrogens is 328 g/mol. The van der Waals surface area contributed by atoms with Crippen molar-refractivity contribution >= 4 is 6.34 Å². The van der Waals surface area contributed by atoms with Crippen molar-refractivity contribution in [1.82, 2.24) is 25.8 Å². The summed E-state index contributed by atoms with van der Waals surface area (Å²) in [6.07, 6.45) is 11.6. The third-order valence-electron chi connectivity index (χ3n) is 4.59. The van der Waals surface area contributed by atoms with E-state index in [4.69, 9.17) is 4.52 Å². The quantitative estimate of drug-likeness (QED) is 0.733. The molecule has 0 unspecified atom stereocenters. The number of hydrazone groups is 1. The normalized spacial score (nSPS) is 18.5. The maximum absolute atomic E-state index is 5.54. The van der Waals surface area contributed by atoms with E-state index >= 15 is 0 Å². The van der Waals surface area contributed by atoms with Crippen LogP contribution in [-0.2, 0) is 5.41 Å². The highest BCUT2D eigenvalue weighted by atomic mass is 16.5. The fraction of sp³-hybridized carbons (Fsp3) is 0.421. The van der Waals surface area contributed by atoms with Crippen LogP contribution in [0.4, 0.5) is 0 Å². The second kappa shape index (κ2) is 7.19. The molecule has 1 aliphatic carbocycles. The van der Waals surface area contributed by atoms with Gasteiger partial charge >= 0.3 is 0 Å². The molecule has 1 aromatic rings. The van der Waals surface area contributed by atoms with Gasteiger partial charge in [0, 0.05) is 19.2 Å². The average molecular weight is 354 g/mol. The first kappa shape index (κ1) is 18.0. The number of nitrogens with zero attached hydrogens (tertiary/aromatic N) is 4. The summed E-state index contributed by atoms with van der Waals surface area (Å²) in [5.41, 5.74) is 1.41. The van der Waals surface area contributed by atoms with Crippen LogP contribution in [0.5, 0.6) is 0 Å². The van der Waals surface area contributed by atoms with Gasteiger partial charge in [0.15, 0.2) is 5.82 Å². The first-order valence-electron chi connectivity index (χ1n) is 8.80. The Hall–Kier alpha value is -2.83. The Labute approximate surface area is 154 Å². The molecule has 2 heterocycles. The minimum atomic E-state index is -0.458. The highest BCUT2D eigenvalue weighted by Crippen LogP contribution is 2.40. The molecule has 1 saturated carbocycles. The zero-order valence-electron chi connectivity index (χ0n) is 15.8. The highest BCUT2D eigenvalue weighted by molar-refractivity contribution is 5.60. The van der Waals surface area contributed by atoms with E-state index in [0.717, 1.165) is 35.8 Å². The predicted molar refractivity (Wildman–Crippen MR) is 102 cm³/mol. The van der Waals surface area contributed by atoms with E-state index in [0.29, 0.717) is 11.8 Å². The Morgan fingerprint density at radius 3 is 2.88 bits per heavy atom. The molecule has 1 fully saturated rings. The van der Waals surface area contributed by atoms with Crippen molar-refractivity contribution in [2.24, 2.45) is 5.10 Å². The topological polar surface area (TPSA) is 78.6 Å². The van der Waals surface area contributed by atoms with Crippen molar-refractivity contribution in [2.75, 3.05) is 7.05 Å². The minimum Gasteiger partial charge on any atom is -0.345 e. The van der Waals surface area contributed by atoms with Gasteiger partial charge in [-0.15, -0.1) is 0 Å². The molecule has 3 rings (SSSR count). The number of aromatic nitrogens is 2. The van der Waals surface area contributed by atoms with E-state index in [1.54, 1.807) is 11.3 Å². The monoisotopic (exact) mass is 354 g/mol. The molecule has 0 saturated heterocycles. The number of hydrogen-bond acceptors (Lipinski definition) is 7. The van der Waals surface area contributed by atoms with Gasteiger partial charge in [0.1, 0.15) is 12.2 Å². The van der Waals surface area contributed by atoms with Gasteiger partial charge in [0.2, 0.25) is 5.89 Å². The molecule has 2 N–H and O–H groups in total. The van der Waals surface area contributed by atoms with Crippen molar-refractivity contribution in [2.45, 2.75) is 44.9 Å². The van der Waals surface area contributed by atoms with Crippen molar-refractivity contribution < 1.29 is 4.52 Å².